The summed E-state index contributed by atoms with van der Waals surface area (Å²) in [5.74, 6) is 1.17. The molecule has 0 spiro atoms. The molecule has 3 heterocycles. The van der Waals surface area contributed by atoms with E-state index in [0.717, 1.165) is 12.8 Å². The molecule has 2 bridgehead atoms. The van der Waals surface area contributed by atoms with Crippen LogP contribution < -0.4 is 9.47 Å². The third-order valence-corrected chi connectivity index (χ3v) is 8.25. The van der Waals surface area contributed by atoms with E-state index in [1.807, 2.05) is 11.0 Å². The number of carbonyl (C=O) groups is 1. The molecule has 0 aliphatic carbocycles. The number of fused-ring (bicyclic) bond motifs is 3. The maximum atomic E-state index is 13.2. The highest BCUT2D eigenvalue weighted by molar-refractivity contribution is 7.92. The number of amides is 1. The lowest BCUT2D eigenvalue weighted by atomic mass is 10.0. The number of ether oxygens (including phenoxy) is 2. The first kappa shape index (κ1) is 17.6. The maximum absolute atomic E-state index is 13.2. The molecule has 0 N–H and O–H groups in total. The third-order valence-electron chi connectivity index (χ3n) is 6.05. The van der Waals surface area contributed by atoms with E-state index in [9.17, 15) is 13.2 Å². The Morgan fingerprint density at radius 3 is 2.32 bits per heavy atom. The average Bonchev–Trinajstić information content (AvgIpc) is 3.29. The summed E-state index contributed by atoms with van der Waals surface area (Å²) >= 11 is 0. The van der Waals surface area contributed by atoms with Gasteiger partial charge in [0, 0.05) is 17.6 Å². The molecule has 7 heteroatoms. The number of benzene rings is 2. The van der Waals surface area contributed by atoms with Gasteiger partial charge in [-0.25, -0.2) is 8.42 Å². The summed E-state index contributed by atoms with van der Waals surface area (Å²) in [4.78, 5) is 15.4. The molecule has 0 unspecified atom stereocenters. The third kappa shape index (κ3) is 2.76. The highest BCUT2D eigenvalue weighted by Crippen LogP contribution is 2.41. The first-order valence-corrected chi connectivity index (χ1v) is 11.1. The first-order chi connectivity index (χ1) is 13.5. The summed E-state index contributed by atoms with van der Waals surface area (Å²) in [5.41, 5.74) is 0.561. The molecule has 2 fully saturated rings. The smallest absolute Gasteiger partial charge is 0.254 e. The predicted octanol–water partition coefficient (Wildman–Crippen LogP) is 3.02. The Hall–Kier alpha value is -2.54. The van der Waals surface area contributed by atoms with Crippen LogP contribution >= 0.6 is 0 Å². The Labute approximate surface area is 164 Å². The fourth-order valence-corrected chi connectivity index (χ4v) is 6.57. The Balaban J connectivity index is 1.38. The number of piperidine rings is 1. The maximum Gasteiger partial charge on any atom is 0.254 e. The summed E-state index contributed by atoms with van der Waals surface area (Å²) in [5, 5.41) is -0.437. The van der Waals surface area contributed by atoms with Gasteiger partial charge in [-0.1, -0.05) is 18.2 Å². The van der Waals surface area contributed by atoms with E-state index in [0.29, 0.717) is 34.8 Å². The standard InChI is InChI=1S/C21H21NO5S/c23-21(14-6-9-19-20(10-14)27-13-26-19)22-15-7-8-16(22)12-18(11-15)28(24,25)17-4-2-1-3-5-17/h1-6,9-10,15-16,18H,7-8,11-13H2/t15-,16-/m0/s1. The summed E-state index contributed by atoms with van der Waals surface area (Å²) in [7, 11) is -3.38. The van der Waals surface area contributed by atoms with Gasteiger partial charge in [-0.2, -0.15) is 0 Å². The zero-order valence-electron chi connectivity index (χ0n) is 15.3. The number of rotatable bonds is 3. The van der Waals surface area contributed by atoms with Crippen LogP contribution in [0.25, 0.3) is 0 Å². The molecule has 146 valence electrons. The van der Waals surface area contributed by atoms with Crippen molar-refractivity contribution in [2.45, 2.75) is 47.9 Å². The van der Waals surface area contributed by atoms with Gasteiger partial charge in [0.05, 0.1) is 10.1 Å². The van der Waals surface area contributed by atoms with E-state index in [1.165, 1.54) is 0 Å². The van der Waals surface area contributed by atoms with Gasteiger partial charge in [-0.05, 0) is 56.0 Å². The van der Waals surface area contributed by atoms with E-state index in [1.54, 1.807) is 42.5 Å². The van der Waals surface area contributed by atoms with Gasteiger partial charge in [-0.3, -0.25) is 4.79 Å². The van der Waals surface area contributed by atoms with Crippen molar-refractivity contribution < 1.29 is 22.7 Å². The fourth-order valence-electron chi connectivity index (χ4n) is 4.69. The fraction of sp³-hybridized carbons (Fsp3) is 0.381. The zero-order valence-corrected chi connectivity index (χ0v) is 16.1. The van der Waals surface area contributed by atoms with Crippen LogP contribution in [0.5, 0.6) is 11.5 Å². The molecule has 0 saturated carbocycles. The van der Waals surface area contributed by atoms with Crippen LogP contribution in [0.1, 0.15) is 36.0 Å². The number of nitrogens with zero attached hydrogens (tertiary/aromatic N) is 1. The van der Waals surface area contributed by atoms with Gasteiger partial charge in [-0.15, -0.1) is 0 Å². The molecule has 2 aromatic carbocycles. The molecule has 2 saturated heterocycles. The minimum Gasteiger partial charge on any atom is -0.454 e. The van der Waals surface area contributed by atoms with Crippen molar-refractivity contribution in [1.82, 2.24) is 4.90 Å². The number of carbonyl (C=O) groups excluding carboxylic acids is 1. The molecule has 5 rings (SSSR count). The molecule has 2 atom stereocenters. The van der Waals surface area contributed by atoms with Crippen molar-refractivity contribution in [1.29, 1.82) is 0 Å². The lowest BCUT2D eigenvalue weighted by Gasteiger charge is -2.38. The SMILES string of the molecule is O=C(c1ccc2c(c1)OCO2)N1[C@H]2CC[C@H]1CC(S(=O)(=O)c1ccccc1)C2. The summed E-state index contributed by atoms with van der Waals surface area (Å²) in [6, 6.07) is 13.8. The topological polar surface area (TPSA) is 72.9 Å². The second-order valence-corrected chi connectivity index (χ2v) is 9.85. The molecule has 3 aliphatic heterocycles. The van der Waals surface area contributed by atoms with Crippen LogP contribution in [0.3, 0.4) is 0 Å². The van der Waals surface area contributed by atoms with E-state index in [2.05, 4.69) is 0 Å². The van der Waals surface area contributed by atoms with Crippen molar-refractivity contribution in [2.75, 3.05) is 6.79 Å². The average molecular weight is 399 g/mol. The van der Waals surface area contributed by atoms with Crippen LogP contribution in [0, 0.1) is 0 Å². The van der Waals surface area contributed by atoms with Crippen molar-refractivity contribution in [3.05, 3.63) is 54.1 Å². The van der Waals surface area contributed by atoms with Crippen molar-refractivity contribution in [3.63, 3.8) is 0 Å². The quantitative estimate of drug-likeness (QED) is 0.793. The molecule has 1 amide bonds. The van der Waals surface area contributed by atoms with Gasteiger partial charge < -0.3 is 14.4 Å². The van der Waals surface area contributed by atoms with Crippen LogP contribution in [0.15, 0.2) is 53.4 Å². The van der Waals surface area contributed by atoms with Gasteiger partial charge in [0.1, 0.15) is 0 Å². The molecular weight excluding hydrogens is 378 g/mol. The molecule has 0 aromatic heterocycles. The van der Waals surface area contributed by atoms with E-state index in [4.69, 9.17) is 9.47 Å². The van der Waals surface area contributed by atoms with Gasteiger partial charge >= 0.3 is 0 Å². The number of hydrogen-bond donors (Lipinski definition) is 0. The summed E-state index contributed by atoms with van der Waals surface area (Å²) in [6.45, 7) is 0.168. The second-order valence-electron chi connectivity index (χ2n) is 7.62. The van der Waals surface area contributed by atoms with Crippen molar-refractivity contribution in [3.8, 4) is 11.5 Å². The monoisotopic (exact) mass is 399 g/mol. The highest BCUT2D eigenvalue weighted by atomic mass is 32.2. The first-order valence-electron chi connectivity index (χ1n) is 9.55. The minimum atomic E-state index is -3.38. The largest absolute Gasteiger partial charge is 0.454 e. The molecule has 0 radical (unpaired) electrons. The van der Waals surface area contributed by atoms with Crippen LogP contribution in [0.2, 0.25) is 0 Å². The molecular formula is C21H21NO5S. The van der Waals surface area contributed by atoms with Gasteiger partial charge in [0.2, 0.25) is 6.79 Å². The van der Waals surface area contributed by atoms with Crippen LogP contribution in [-0.2, 0) is 9.84 Å². The summed E-state index contributed by atoms with van der Waals surface area (Å²) < 4.78 is 36.8. The second kappa shape index (κ2) is 6.51. The summed E-state index contributed by atoms with van der Waals surface area (Å²) in [6.07, 6.45) is 2.68. The molecule has 3 aliphatic rings. The Morgan fingerprint density at radius 1 is 0.929 bits per heavy atom. The Bertz CT molecular complexity index is 1010. The Kier molecular flexibility index (Phi) is 4.08. The van der Waals surface area contributed by atoms with Crippen molar-refractivity contribution in [2.24, 2.45) is 0 Å². The minimum absolute atomic E-state index is 0.0415. The van der Waals surface area contributed by atoms with Crippen LogP contribution in [0.4, 0.5) is 0 Å². The number of sulfone groups is 1. The lowest BCUT2D eigenvalue weighted by molar-refractivity contribution is 0.0598. The zero-order chi connectivity index (χ0) is 19.3. The highest BCUT2D eigenvalue weighted by Gasteiger charge is 2.47. The predicted molar refractivity (Wildman–Crippen MR) is 102 cm³/mol. The normalized spacial score (nSPS) is 25.7. The van der Waals surface area contributed by atoms with E-state index in [-0.39, 0.29) is 24.8 Å². The molecule has 2 aromatic rings. The van der Waals surface area contributed by atoms with Crippen LogP contribution in [-0.4, -0.2) is 43.4 Å². The van der Waals surface area contributed by atoms with Gasteiger partial charge in [0.25, 0.3) is 5.91 Å². The Morgan fingerprint density at radius 2 is 1.61 bits per heavy atom. The van der Waals surface area contributed by atoms with E-state index >= 15 is 0 Å². The van der Waals surface area contributed by atoms with Crippen molar-refractivity contribution >= 4 is 15.7 Å². The van der Waals surface area contributed by atoms with Gasteiger partial charge in [0.15, 0.2) is 21.3 Å². The molecule has 28 heavy (non-hydrogen) atoms. The lowest BCUT2D eigenvalue weighted by Crippen LogP contribution is -2.49. The van der Waals surface area contributed by atoms with E-state index < -0.39 is 15.1 Å². The number of hydrogen-bond acceptors (Lipinski definition) is 5. The molecule has 6 nitrogen and oxygen atoms in total.